The maximum absolute atomic E-state index is 11.5. The Bertz CT molecular complexity index is 197. The number of likely N-dealkylation sites (tertiary alicyclic amines) is 1. The summed E-state index contributed by atoms with van der Waals surface area (Å²) in [5, 5.41) is 0. The zero-order chi connectivity index (χ0) is 10.6. The van der Waals surface area contributed by atoms with Crippen molar-refractivity contribution in [2.75, 3.05) is 19.7 Å². The predicted molar refractivity (Wildman–Crippen MR) is 54.9 cm³/mol. The molecule has 0 saturated carbocycles. The number of rotatable bonds is 4. The summed E-state index contributed by atoms with van der Waals surface area (Å²) >= 11 is 0. The van der Waals surface area contributed by atoms with E-state index in [9.17, 15) is 4.79 Å². The lowest BCUT2D eigenvalue weighted by atomic mass is 10.2. The summed E-state index contributed by atoms with van der Waals surface area (Å²) in [5.41, 5.74) is 5.64. The van der Waals surface area contributed by atoms with Crippen molar-refractivity contribution in [2.24, 2.45) is 5.73 Å². The van der Waals surface area contributed by atoms with Crippen molar-refractivity contribution in [1.29, 1.82) is 0 Å². The van der Waals surface area contributed by atoms with Crippen LogP contribution in [0.2, 0.25) is 0 Å². The van der Waals surface area contributed by atoms with Gasteiger partial charge in [0.1, 0.15) is 6.04 Å². The minimum atomic E-state index is -0.147. The molecule has 1 rings (SSSR count). The van der Waals surface area contributed by atoms with E-state index in [1.165, 1.54) is 0 Å². The third-order valence-corrected chi connectivity index (χ3v) is 2.82. The first kappa shape index (κ1) is 11.5. The van der Waals surface area contributed by atoms with Crippen molar-refractivity contribution in [3.8, 4) is 0 Å². The Morgan fingerprint density at radius 2 is 2.43 bits per heavy atom. The van der Waals surface area contributed by atoms with E-state index in [1.807, 2.05) is 13.8 Å². The number of hydrogen-bond donors (Lipinski definition) is 1. The molecule has 2 atom stereocenters. The van der Waals surface area contributed by atoms with Gasteiger partial charge in [-0.25, -0.2) is 0 Å². The number of nitrogens with two attached hydrogens (primary N) is 1. The Morgan fingerprint density at radius 3 is 3.00 bits per heavy atom. The largest absolute Gasteiger partial charge is 0.465 e. The Hall–Kier alpha value is -0.610. The SMILES string of the molecule is CCOC(=O)C(C)N1CCCC1CN. The third-order valence-electron chi connectivity index (χ3n) is 2.82. The van der Waals surface area contributed by atoms with Crippen molar-refractivity contribution in [2.45, 2.75) is 38.8 Å². The first-order chi connectivity index (χ1) is 6.70. The molecule has 0 aromatic heterocycles. The van der Waals surface area contributed by atoms with Crippen LogP contribution in [-0.4, -0.2) is 42.6 Å². The summed E-state index contributed by atoms with van der Waals surface area (Å²) < 4.78 is 4.99. The second-order valence-electron chi connectivity index (χ2n) is 3.70. The zero-order valence-corrected chi connectivity index (χ0v) is 9.03. The number of carbonyl (C=O) groups is 1. The van der Waals surface area contributed by atoms with Gasteiger partial charge >= 0.3 is 5.97 Å². The lowest BCUT2D eigenvalue weighted by Crippen LogP contribution is -2.45. The number of nitrogens with zero attached hydrogens (tertiary/aromatic N) is 1. The highest BCUT2D eigenvalue weighted by atomic mass is 16.5. The average Bonchev–Trinajstić information content (AvgIpc) is 2.64. The van der Waals surface area contributed by atoms with Crippen molar-refractivity contribution < 1.29 is 9.53 Å². The molecule has 4 nitrogen and oxygen atoms in total. The Kier molecular flexibility index (Phi) is 4.35. The van der Waals surface area contributed by atoms with Gasteiger partial charge in [-0.05, 0) is 33.2 Å². The van der Waals surface area contributed by atoms with Gasteiger partial charge in [0.15, 0.2) is 0 Å². The molecule has 0 aliphatic carbocycles. The average molecular weight is 200 g/mol. The smallest absolute Gasteiger partial charge is 0.323 e. The number of ether oxygens (including phenoxy) is 1. The second-order valence-corrected chi connectivity index (χ2v) is 3.70. The maximum Gasteiger partial charge on any atom is 0.323 e. The molecule has 0 radical (unpaired) electrons. The lowest BCUT2D eigenvalue weighted by molar-refractivity contribution is -0.149. The molecular weight excluding hydrogens is 180 g/mol. The molecule has 1 aliphatic rings. The van der Waals surface area contributed by atoms with Gasteiger partial charge in [0.2, 0.25) is 0 Å². The molecule has 0 spiro atoms. The Labute approximate surface area is 85.4 Å². The summed E-state index contributed by atoms with van der Waals surface area (Å²) in [4.78, 5) is 13.6. The van der Waals surface area contributed by atoms with Crippen LogP contribution in [0.25, 0.3) is 0 Å². The second kappa shape index (κ2) is 5.32. The van der Waals surface area contributed by atoms with Gasteiger partial charge in [-0.1, -0.05) is 0 Å². The third kappa shape index (κ3) is 2.45. The normalized spacial score (nSPS) is 24.9. The predicted octanol–water partition coefficient (Wildman–Crippen LogP) is 0.361. The van der Waals surface area contributed by atoms with Gasteiger partial charge in [-0.3, -0.25) is 9.69 Å². The van der Waals surface area contributed by atoms with Crippen LogP contribution in [0.1, 0.15) is 26.7 Å². The summed E-state index contributed by atoms with van der Waals surface area (Å²) in [5.74, 6) is -0.132. The van der Waals surface area contributed by atoms with E-state index < -0.39 is 0 Å². The van der Waals surface area contributed by atoms with E-state index in [-0.39, 0.29) is 12.0 Å². The molecule has 0 amide bonds. The quantitative estimate of drug-likeness (QED) is 0.666. The highest BCUT2D eigenvalue weighted by Crippen LogP contribution is 2.19. The monoisotopic (exact) mass is 200 g/mol. The highest BCUT2D eigenvalue weighted by molar-refractivity contribution is 5.75. The molecule has 1 saturated heterocycles. The van der Waals surface area contributed by atoms with E-state index >= 15 is 0 Å². The van der Waals surface area contributed by atoms with Gasteiger partial charge < -0.3 is 10.5 Å². The topological polar surface area (TPSA) is 55.6 Å². The van der Waals surface area contributed by atoms with Crippen LogP contribution in [0.5, 0.6) is 0 Å². The zero-order valence-electron chi connectivity index (χ0n) is 9.03. The fourth-order valence-electron chi connectivity index (χ4n) is 2.02. The van der Waals surface area contributed by atoms with E-state index in [1.54, 1.807) is 0 Å². The summed E-state index contributed by atoms with van der Waals surface area (Å²) in [6, 6.07) is 0.209. The fourth-order valence-corrected chi connectivity index (χ4v) is 2.02. The molecular formula is C10H20N2O2. The molecule has 0 aromatic rings. The van der Waals surface area contributed by atoms with Crippen LogP contribution in [-0.2, 0) is 9.53 Å². The van der Waals surface area contributed by atoms with Crippen LogP contribution in [0.4, 0.5) is 0 Å². The lowest BCUT2D eigenvalue weighted by Gasteiger charge is -2.28. The van der Waals surface area contributed by atoms with E-state index in [0.29, 0.717) is 19.2 Å². The van der Waals surface area contributed by atoms with Crippen LogP contribution >= 0.6 is 0 Å². The first-order valence-electron chi connectivity index (χ1n) is 5.33. The minimum Gasteiger partial charge on any atom is -0.465 e. The van der Waals surface area contributed by atoms with Crippen molar-refractivity contribution in [3.05, 3.63) is 0 Å². The van der Waals surface area contributed by atoms with Crippen LogP contribution in [0.3, 0.4) is 0 Å². The molecule has 0 aromatic carbocycles. The van der Waals surface area contributed by atoms with Gasteiger partial charge in [0.25, 0.3) is 0 Å². The Balaban J connectivity index is 2.50. The minimum absolute atomic E-state index is 0.132. The molecule has 4 heteroatoms. The van der Waals surface area contributed by atoms with Gasteiger partial charge in [-0.15, -0.1) is 0 Å². The molecule has 2 N–H and O–H groups in total. The summed E-state index contributed by atoms with van der Waals surface area (Å²) in [7, 11) is 0. The molecule has 1 aliphatic heterocycles. The highest BCUT2D eigenvalue weighted by Gasteiger charge is 2.31. The molecule has 82 valence electrons. The molecule has 2 unspecified atom stereocenters. The van der Waals surface area contributed by atoms with Crippen molar-refractivity contribution >= 4 is 5.97 Å². The van der Waals surface area contributed by atoms with Crippen LogP contribution < -0.4 is 5.73 Å². The van der Waals surface area contributed by atoms with Crippen molar-refractivity contribution in [1.82, 2.24) is 4.90 Å². The maximum atomic E-state index is 11.5. The number of carbonyl (C=O) groups excluding carboxylic acids is 1. The standard InChI is InChI=1S/C10H20N2O2/c1-3-14-10(13)8(2)12-6-4-5-9(12)7-11/h8-9H,3-7,11H2,1-2H3. The van der Waals surface area contributed by atoms with E-state index in [4.69, 9.17) is 10.5 Å². The fraction of sp³-hybridized carbons (Fsp3) is 0.900. The number of esters is 1. The van der Waals surface area contributed by atoms with E-state index in [2.05, 4.69) is 4.90 Å². The number of hydrogen-bond acceptors (Lipinski definition) is 4. The van der Waals surface area contributed by atoms with Crippen LogP contribution in [0.15, 0.2) is 0 Å². The molecule has 0 bridgehead atoms. The van der Waals surface area contributed by atoms with Gasteiger partial charge in [0.05, 0.1) is 6.61 Å². The van der Waals surface area contributed by atoms with Gasteiger partial charge in [-0.2, -0.15) is 0 Å². The molecule has 1 fully saturated rings. The Morgan fingerprint density at radius 1 is 1.71 bits per heavy atom. The summed E-state index contributed by atoms with van der Waals surface area (Å²) in [6.45, 7) is 5.76. The van der Waals surface area contributed by atoms with Gasteiger partial charge in [0, 0.05) is 12.6 Å². The summed E-state index contributed by atoms with van der Waals surface area (Å²) in [6.07, 6.45) is 2.23. The first-order valence-corrected chi connectivity index (χ1v) is 5.33. The van der Waals surface area contributed by atoms with E-state index in [0.717, 1.165) is 19.4 Å². The van der Waals surface area contributed by atoms with Crippen LogP contribution in [0, 0.1) is 0 Å². The van der Waals surface area contributed by atoms with Crippen molar-refractivity contribution in [3.63, 3.8) is 0 Å². The molecule has 14 heavy (non-hydrogen) atoms. The molecule has 1 heterocycles.